The van der Waals surface area contributed by atoms with E-state index in [1.165, 1.54) is 27.3 Å². The molecule has 0 radical (unpaired) electrons. The number of nitrogens with two attached hydrogens (primary N) is 1. The number of esters is 2. The second-order valence-corrected chi connectivity index (χ2v) is 11.2. The molecule has 12 heteroatoms. The molecule has 3 aromatic rings. The van der Waals surface area contributed by atoms with E-state index in [2.05, 4.69) is 0 Å². The largest absolute Gasteiger partial charge is 0.460 e. The van der Waals surface area contributed by atoms with Crippen molar-refractivity contribution in [3.05, 3.63) is 60.9 Å². The molecule has 9 nitrogen and oxygen atoms in total. The highest BCUT2D eigenvalue weighted by Crippen LogP contribution is 2.37. The van der Waals surface area contributed by atoms with Crippen LogP contribution in [0.15, 0.2) is 29.1 Å². The van der Waals surface area contributed by atoms with Gasteiger partial charge in [0.25, 0.3) is 0 Å². The van der Waals surface area contributed by atoms with Gasteiger partial charge in [0.05, 0.1) is 26.6 Å². The zero-order valence-corrected chi connectivity index (χ0v) is 23.2. The molecule has 1 atom stereocenters. The molecule has 1 aliphatic heterocycles. The molecule has 0 spiro atoms. The number of hydrogen-bond donors (Lipinski definition) is 1. The zero-order chi connectivity index (χ0) is 27.9. The highest BCUT2D eigenvalue weighted by molar-refractivity contribution is 6.40. The van der Waals surface area contributed by atoms with Crippen molar-refractivity contribution in [2.24, 2.45) is 5.73 Å². The van der Waals surface area contributed by atoms with Crippen LogP contribution in [0.4, 0.5) is 0 Å². The summed E-state index contributed by atoms with van der Waals surface area (Å²) < 4.78 is 13.6. The summed E-state index contributed by atoms with van der Waals surface area (Å²) in [5, 5.41) is 0.434. The van der Waals surface area contributed by atoms with Crippen molar-refractivity contribution in [3.63, 3.8) is 0 Å². The van der Waals surface area contributed by atoms with Crippen LogP contribution in [-0.2, 0) is 27.3 Å². The van der Waals surface area contributed by atoms with Gasteiger partial charge in [0.1, 0.15) is 11.6 Å². The monoisotopic (exact) mass is 581 g/mol. The highest BCUT2D eigenvalue weighted by atomic mass is 35.5. The van der Waals surface area contributed by atoms with Crippen LogP contribution >= 0.6 is 34.8 Å². The summed E-state index contributed by atoms with van der Waals surface area (Å²) >= 11 is 18.3. The number of carbonyl (C=O) groups is 3. The molecule has 202 valence electrons. The average Bonchev–Trinajstić information content (AvgIpc) is 3.08. The summed E-state index contributed by atoms with van der Waals surface area (Å²) in [6, 6.07) is 4.81. The molecule has 0 fully saturated rings. The van der Waals surface area contributed by atoms with Crippen molar-refractivity contribution in [3.8, 4) is 5.75 Å². The van der Waals surface area contributed by atoms with Crippen LogP contribution < -0.4 is 16.2 Å². The van der Waals surface area contributed by atoms with Crippen molar-refractivity contribution < 1.29 is 23.9 Å². The molecule has 0 aliphatic carbocycles. The van der Waals surface area contributed by atoms with Crippen LogP contribution in [0.5, 0.6) is 5.75 Å². The number of aryl methyl sites for hydroxylation is 2. The normalized spacial score (nSPS) is 13.8. The minimum atomic E-state index is -1.09. The molecule has 2 aromatic carbocycles. The Kier molecular flexibility index (Phi) is 7.84. The first-order valence-electron chi connectivity index (χ1n) is 11.9. The number of nitrogens with zero attached hydrogens (tertiary/aromatic N) is 2. The lowest BCUT2D eigenvalue weighted by Gasteiger charge is -2.21. The molecule has 0 saturated heterocycles. The van der Waals surface area contributed by atoms with Gasteiger partial charge < -0.3 is 15.2 Å². The minimum absolute atomic E-state index is 0.0179. The van der Waals surface area contributed by atoms with E-state index in [9.17, 15) is 19.2 Å². The van der Waals surface area contributed by atoms with Gasteiger partial charge in [-0.15, -0.1) is 0 Å². The van der Waals surface area contributed by atoms with Crippen LogP contribution in [0, 0.1) is 0 Å². The maximum atomic E-state index is 13.5. The molecule has 4 rings (SSSR count). The number of imidazole rings is 1. The molecule has 2 N–H and O–H groups in total. The molecule has 2 heterocycles. The third-order valence-electron chi connectivity index (χ3n) is 6.10. The molecular formula is C26H26Cl3N3O6. The van der Waals surface area contributed by atoms with Crippen molar-refractivity contribution in [2.75, 3.05) is 0 Å². The molecule has 0 bridgehead atoms. The van der Waals surface area contributed by atoms with E-state index in [-0.39, 0.29) is 39.2 Å². The second-order valence-electron chi connectivity index (χ2n) is 10.00. The summed E-state index contributed by atoms with van der Waals surface area (Å²) in [5.74, 6) is -2.00. The van der Waals surface area contributed by atoms with E-state index in [0.717, 1.165) is 0 Å². The third-order valence-corrected chi connectivity index (χ3v) is 6.88. The Hall–Kier alpha value is -3.01. The Morgan fingerprint density at radius 3 is 2.37 bits per heavy atom. The van der Waals surface area contributed by atoms with Crippen molar-refractivity contribution in [1.82, 2.24) is 9.13 Å². The Bertz CT molecular complexity index is 1500. The Morgan fingerprint density at radius 1 is 1.11 bits per heavy atom. The average molecular weight is 583 g/mol. The number of halogens is 3. The first kappa shape index (κ1) is 28.0. The number of primary amides is 1. The van der Waals surface area contributed by atoms with E-state index >= 15 is 0 Å². The summed E-state index contributed by atoms with van der Waals surface area (Å²) in [6.07, 6.45) is 0.949. The summed E-state index contributed by atoms with van der Waals surface area (Å²) in [7, 11) is 0. The summed E-state index contributed by atoms with van der Waals surface area (Å²) in [5.41, 5.74) is 6.29. The Morgan fingerprint density at radius 2 is 1.76 bits per heavy atom. The van der Waals surface area contributed by atoms with Gasteiger partial charge in [0, 0.05) is 18.0 Å². The number of rotatable bonds is 7. The van der Waals surface area contributed by atoms with Gasteiger partial charge in [-0.1, -0.05) is 34.8 Å². The van der Waals surface area contributed by atoms with Crippen molar-refractivity contribution in [1.29, 1.82) is 0 Å². The Balaban J connectivity index is 1.73. The molecular weight excluding hydrogens is 557 g/mol. The Labute approximate surface area is 233 Å². The van der Waals surface area contributed by atoms with Gasteiger partial charge in [0.15, 0.2) is 5.75 Å². The van der Waals surface area contributed by atoms with E-state index in [1.54, 1.807) is 26.8 Å². The predicted octanol–water partition coefficient (Wildman–Crippen LogP) is 5.08. The molecule has 1 amide bonds. The quantitative estimate of drug-likeness (QED) is 0.306. The lowest BCUT2D eigenvalue weighted by atomic mass is 9.98. The van der Waals surface area contributed by atoms with Gasteiger partial charge in [-0.3, -0.25) is 18.7 Å². The van der Waals surface area contributed by atoms with E-state index in [1.807, 2.05) is 0 Å². The smallest absolute Gasteiger partial charge is 0.343 e. The fourth-order valence-electron chi connectivity index (χ4n) is 4.64. The fraction of sp³-hybridized carbons (Fsp3) is 0.385. The predicted molar refractivity (Wildman–Crippen MR) is 144 cm³/mol. The number of benzene rings is 2. The van der Waals surface area contributed by atoms with Crippen LogP contribution in [0.3, 0.4) is 0 Å². The SMILES string of the molecule is CC(C)(C)OC(=O)CC[C@H](C(N)=O)n1c(=O)n2c3c(c(C(=O)Oc4c(Cl)cc(Cl)cc4Cl)ccc31)CCC2. The number of aromatic nitrogens is 2. The van der Waals surface area contributed by atoms with Gasteiger partial charge >= 0.3 is 17.6 Å². The third kappa shape index (κ3) is 5.55. The second kappa shape index (κ2) is 10.6. The lowest BCUT2D eigenvalue weighted by Crippen LogP contribution is -2.35. The van der Waals surface area contributed by atoms with E-state index < -0.39 is 35.2 Å². The van der Waals surface area contributed by atoms with Gasteiger partial charge in [-0.25, -0.2) is 9.59 Å². The van der Waals surface area contributed by atoms with Crippen LogP contribution in [0.2, 0.25) is 15.1 Å². The first-order valence-corrected chi connectivity index (χ1v) is 13.1. The van der Waals surface area contributed by atoms with Crippen LogP contribution in [0.1, 0.15) is 62.0 Å². The van der Waals surface area contributed by atoms with Crippen molar-refractivity contribution >= 4 is 63.7 Å². The maximum absolute atomic E-state index is 13.5. The number of hydrogen-bond acceptors (Lipinski definition) is 6. The maximum Gasteiger partial charge on any atom is 0.343 e. The first-order chi connectivity index (χ1) is 17.8. The topological polar surface area (TPSA) is 123 Å². The van der Waals surface area contributed by atoms with Crippen LogP contribution in [0.25, 0.3) is 11.0 Å². The van der Waals surface area contributed by atoms with Crippen LogP contribution in [-0.4, -0.2) is 32.6 Å². The highest BCUT2D eigenvalue weighted by Gasteiger charge is 2.31. The molecule has 0 saturated carbocycles. The van der Waals surface area contributed by atoms with Gasteiger partial charge in [0.2, 0.25) is 5.91 Å². The number of carbonyl (C=O) groups excluding carboxylic acids is 3. The van der Waals surface area contributed by atoms with E-state index in [4.69, 9.17) is 50.0 Å². The van der Waals surface area contributed by atoms with Crippen molar-refractivity contribution in [2.45, 2.75) is 64.6 Å². The molecule has 1 aromatic heterocycles. The summed E-state index contributed by atoms with van der Waals surface area (Å²) in [4.78, 5) is 51.4. The molecule has 0 unspecified atom stereocenters. The molecule has 38 heavy (non-hydrogen) atoms. The minimum Gasteiger partial charge on any atom is -0.460 e. The number of amides is 1. The van der Waals surface area contributed by atoms with Gasteiger partial charge in [-0.2, -0.15) is 0 Å². The summed E-state index contributed by atoms with van der Waals surface area (Å²) in [6.45, 7) is 5.61. The van der Waals surface area contributed by atoms with Gasteiger partial charge in [-0.05, 0) is 69.9 Å². The zero-order valence-electron chi connectivity index (χ0n) is 21.0. The van der Waals surface area contributed by atoms with E-state index in [0.29, 0.717) is 36.0 Å². The standard InChI is InChI=1S/C26H26Cl3N3O6/c1-26(2,3)38-20(33)9-8-19(23(30)34)32-18-7-6-15(14-5-4-10-31(21(14)18)25(32)36)24(35)37-22-16(28)11-13(27)12-17(22)29/h6-7,11-12,19H,4-5,8-10H2,1-3H3,(H2,30,34)/t19-/m1/s1. The number of ether oxygens (including phenoxy) is 2. The lowest BCUT2D eigenvalue weighted by molar-refractivity contribution is -0.155. The molecule has 1 aliphatic rings. The fourth-order valence-corrected chi connectivity index (χ4v) is 5.53.